The quantitative estimate of drug-likeness (QED) is 0.684. The summed E-state index contributed by atoms with van der Waals surface area (Å²) in [5.74, 6) is 0.870. The molecule has 2 amide bonds. The van der Waals surface area contributed by atoms with Crippen molar-refractivity contribution in [2.24, 2.45) is 5.92 Å². The van der Waals surface area contributed by atoms with Crippen molar-refractivity contribution in [1.82, 2.24) is 10.2 Å². The van der Waals surface area contributed by atoms with Crippen LogP contribution in [0, 0.1) is 11.7 Å². The lowest BCUT2D eigenvalue weighted by Gasteiger charge is -2.39. The standard InChI is InChI=1S/C27H31FN2O5/c28-22-6-3-19(4-7-22)14-25(31)30-11-1-2-20(16-30)26(32)29-17-27(9-12-33-13-10-27)21-5-8-23-24(15-21)35-18-34-23/h3-8,15,20H,1-2,9-14,16-18H2,(H,29,32). The average molecular weight is 483 g/mol. The molecule has 0 aliphatic carbocycles. The van der Waals surface area contributed by atoms with E-state index in [-0.39, 0.29) is 42.2 Å². The molecule has 186 valence electrons. The first-order valence-corrected chi connectivity index (χ1v) is 12.3. The van der Waals surface area contributed by atoms with Gasteiger partial charge in [0.1, 0.15) is 5.82 Å². The van der Waals surface area contributed by atoms with E-state index in [2.05, 4.69) is 11.4 Å². The van der Waals surface area contributed by atoms with Crippen molar-refractivity contribution in [3.63, 3.8) is 0 Å². The molecule has 3 aliphatic rings. The number of halogens is 1. The number of hydrogen-bond acceptors (Lipinski definition) is 5. The number of fused-ring (bicyclic) bond motifs is 1. The van der Waals surface area contributed by atoms with Crippen molar-refractivity contribution in [2.45, 2.75) is 37.5 Å². The van der Waals surface area contributed by atoms with Gasteiger partial charge in [-0.1, -0.05) is 18.2 Å². The molecule has 0 saturated carbocycles. The van der Waals surface area contributed by atoms with Crippen molar-refractivity contribution in [3.8, 4) is 11.5 Å². The van der Waals surface area contributed by atoms with Crippen LogP contribution in [0.15, 0.2) is 42.5 Å². The smallest absolute Gasteiger partial charge is 0.231 e. The Bertz CT molecular complexity index is 1070. The van der Waals surface area contributed by atoms with Crippen LogP contribution in [0.2, 0.25) is 0 Å². The fourth-order valence-corrected chi connectivity index (χ4v) is 5.26. The third-order valence-electron chi connectivity index (χ3n) is 7.45. The summed E-state index contributed by atoms with van der Waals surface area (Å²) in [4.78, 5) is 27.8. The number of amides is 2. The first-order chi connectivity index (χ1) is 17.0. The van der Waals surface area contributed by atoms with Gasteiger partial charge in [0.25, 0.3) is 0 Å². The van der Waals surface area contributed by atoms with Crippen molar-refractivity contribution in [1.29, 1.82) is 0 Å². The van der Waals surface area contributed by atoms with Crippen LogP contribution < -0.4 is 14.8 Å². The van der Waals surface area contributed by atoms with Gasteiger partial charge in [0.05, 0.1) is 12.3 Å². The minimum Gasteiger partial charge on any atom is -0.454 e. The lowest BCUT2D eigenvalue weighted by Crippen LogP contribution is -2.49. The normalized spacial score (nSPS) is 20.9. The van der Waals surface area contributed by atoms with Gasteiger partial charge in [0, 0.05) is 38.3 Å². The van der Waals surface area contributed by atoms with Crippen LogP contribution in [0.25, 0.3) is 0 Å². The van der Waals surface area contributed by atoms with Crippen LogP contribution in [0.5, 0.6) is 11.5 Å². The number of likely N-dealkylation sites (tertiary alicyclic amines) is 1. The monoisotopic (exact) mass is 482 g/mol. The Balaban J connectivity index is 1.21. The Morgan fingerprint density at radius 1 is 1.06 bits per heavy atom. The van der Waals surface area contributed by atoms with Crippen LogP contribution in [0.3, 0.4) is 0 Å². The summed E-state index contributed by atoms with van der Waals surface area (Å²) in [6.07, 6.45) is 3.36. The van der Waals surface area contributed by atoms with E-state index >= 15 is 0 Å². The highest BCUT2D eigenvalue weighted by atomic mass is 19.1. The SMILES string of the molecule is O=C(NCC1(c2ccc3c(c2)OCO3)CCOCC1)C1CCCN(C(=O)Cc2ccc(F)cc2)C1. The Labute approximate surface area is 204 Å². The minimum absolute atomic E-state index is 0.0177. The van der Waals surface area contributed by atoms with E-state index in [1.165, 1.54) is 12.1 Å². The third-order valence-corrected chi connectivity index (χ3v) is 7.45. The second-order valence-electron chi connectivity index (χ2n) is 9.66. The molecule has 8 heteroatoms. The van der Waals surface area contributed by atoms with Crippen molar-refractivity contribution in [3.05, 3.63) is 59.4 Å². The van der Waals surface area contributed by atoms with E-state index < -0.39 is 0 Å². The van der Waals surface area contributed by atoms with Crippen molar-refractivity contribution >= 4 is 11.8 Å². The molecule has 2 fully saturated rings. The Morgan fingerprint density at radius 2 is 1.83 bits per heavy atom. The zero-order chi connectivity index (χ0) is 24.3. The van der Waals surface area contributed by atoms with Gasteiger partial charge in [-0.3, -0.25) is 9.59 Å². The van der Waals surface area contributed by atoms with Crippen molar-refractivity contribution < 1.29 is 28.2 Å². The number of rotatable bonds is 6. The van der Waals surface area contributed by atoms with E-state index in [1.807, 2.05) is 12.1 Å². The summed E-state index contributed by atoms with van der Waals surface area (Å²) < 4.78 is 29.8. The number of nitrogens with zero attached hydrogens (tertiary/aromatic N) is 1. The van der Waals surface area contributed by atoms with E-state index in [4.69, 9.17) is 14.2 Å². The Kier molecular flexibility index (Phi) is 6.90. The maximum absolute atomic E-state index is 13.2. The molecule has 0 bridgehead atoms. The average Bonchev–Trinajstić information content (AvgIpc) is 3.37. The van der Waals surface area contributed by atoms with Gasteiger partial charge >= 0.3 is 0 Å². The number of ether oxygens (including phenoxy) is 3. The summed E-state index contributed by atoms with van der Waals surface area (Å²) in [7, 11) is 0. The second-order valence-corrected chi connectivity index (χ2v) is 9.66. The maximum Gasteiger partial charge on any atom is 0.231 e. The van der Waals surface area contributed by atoms with E-state index in [9.17, 15) is 14.0 Å². The fourth-order valence-electron chi connectivity index (χ4n) is 5.26. The zero-order valence-electron chi connectivity index (χ0n) is 19.8. The van der Waals surface area contributed by atoms with Crippen LogP contribution in [0.4, 0.5) is 4.39 Å². The van der Waals surface area contributed by atoms with Crippen LogP contribution in [0.1, 0.15) is 36.8 Å². The Hall–Kier alpha value is -3.13. The summed E-state index contributed by atoms with van der Waals surface area (Å²) in [5, 5.41) is 3.20. The molecule has 2 aromatic rings. The summed E-state index contributed by atoms with van der Waals surface area (Å²) in [6, 6.07) is 12.0. The van der Waals surface area contributed by atoms with Gasteiger partial charge in [-0.2, -0.15) is 0 Å². The Morgan fingerprint density at radius 3 is 2.63 bits per heavy atom. The lowest BCUT2D eigenvalue weighted by molar-refractivity contribution is -0.135. The molecule has 7 nitrogen and oxygen atoms in total. The van der Waals surface area contributed by atoms with Gasteiger partial charge in [-0.15, -0.1) is 0 Å². The molecule has 1 N–H and O–H groups in total. The molecule has 2 aromatic carbocycles. The highest BCUT2D eigenvalue weighted by molar-refractivity contribution is 5.82. The van der Waals surface area contributed by atoms with Gasteiger partial charge in [-0.25, -0.2) is 4.39 Å². The first kappa shape index (κ1) is 23.6. The highest BCUT2D eigenvalue weighted by Crippen LogP contribution is 2.40. The summed E-state index contributed by atoms with van der Waals surface area (Å²) in [6.45, 7) is 3.06. The molecule has 1 unspecified atom stereocenters. The van der Waals surface area contributed by atoms with E-state index in [0.29, 0.717) is 32.8 Å². The van der Waals surface area contributed by atoms with E-state index in [1.54, 1.807) is 17.0 Å². The molecular formula is C27H31FN2O5. The molecule has 0 radical (unpaired) electrons. The largest absolute Gasteiger partial charge is 0.454 e. The first-order valence-electron chi connectivity index (χ1n) is 12.3. The lowest BCUT2D eigenvalue weighted by atomic mass is 9.74. The van der Waals surface area contributed by atoms with Crippen LogP contribution in [-0.4, -0.2) is 56.4 Å². The molecular weight excluding hydrogens is 451 g/mol. The fraction of sp³-hybridized carbons (Fsp3) is 0.481. The predicted molar refractivity (Wildman–Crippen MR) is 127 cm³/mol. The zero-order valence-corrected chi connectivity index (χ0v) is 19.8. The molecule has 3 heterocycles. The van der Waals surface area contributed by atoms with Gasteiger partial charge in [0.15, 0.2) is 11.5 Å². The summed E-state index contributed by atoms with van der Waals surface area (Å²) in [5.41, 5.74) is 1.65. The van der Waals surface area contributed by atoms with Crippen LogP contribution >= 0.6 is 0 Å². The molecule has 2 saturated heterocycles. The number of benzene rings is 2. The summed E-state index contributed by atoms with van der Waals surface area (Å²) >= 11 is 0. The molecule has 1 atom stereocenters. The predicted octanol–water partition coefficient (Wildman–Crippen LogP) is 3.20. The molecule has 0 aromatic heterocycles. The number of hydrogen-bond donors (Lipinski definition) is 1. The minimum atomic E-state index is -0.320. The second kappa shape index (κ2) is 10.2. The topological polar surface area (TPSA) is 77.1 Å². The van der Waals surface area contributed by atoms with Crippen LogP contribution in [-0.2, 0) is 26.2 Å². The van der Waals surface area contributed by atoms with Gasteiger partial charge in [-0.05, 0) is 61.1 Å². The highest BCUT2D eigenvalue weighted by Gasteiger charge is 2.37. The number of carbonyl (C=O) groups is 2. The third kappa shape index (κ3) is 5.27. The molecule has 0 spiro atoms. The number of carbonyl (C=O) groups excluding carboxylic acids is 2. The number of nitrogens with one attached hydrogen (secondary N) is 1. The molecule has 3 aliphatic heterocycles. The molecule has 5 rings (SSSR count). The molecule has 35 heavy (non-hydrogen) atoms. The van der Waals surface area contributed by atoms with Gasteiger partial charge < -0.3 is 24.4 Å². The number of piperidine rings is 1. The maximum atomic E-state index is 13.2. The van der Waals surface area contributed by atoms with E-state index in [0.717, 1.165) is 48.3 Å². The van der Waals surface area contributed by atoms with Crippen molar-refractivity contribution in [2.75, 3.05) is 39.6 Å². The van der Waals surface area contributed by atoms with Gasteiger partial charge in [0.2, 0.25) is 18.6 Å².